The Hall–Kier alpha value is -0.610. The molecule has 0 aromatic heterocycles. The smallest absolute Gasteiger partial charge is 0.227 e. The maximum atomic E-state index is 12.1. The number of amides is 1. The minimum Gasteiger partial charge on any atom is -0.376 e. The molecular formula is C12H22N2O2. The van der Waals surface area contributed by atoms with E-state index < -0.39 is 0 Å². The maximum absolute atomic E-state index is 12.1. The van der Waals surface area contributed by atoms with Crippen LogP contribution in [0.25, 0.3) is 0 Å². The number of ether oxygens (including phenoxy) is 1. The van der Waals surface area contributed by atoms with Crippen molar-refractivity contribution in [2.24, 2.45) is 11.1 Å². The summed E-state index contributed by atoms with van der Waals surface area (Å²) in [4.78, 5) is 12.1. The summed E-state index contributed by atoms with van der Waals surface area (Å²) in [5.74, 6) is 0.142. The number of hydrogen-bond donors (Lipinski definition) is 2. The van der Waals surface area contributed by atoms with Crippen LogP contribution in [0, 0.1) is 5.41 Å². The lowest BCUT2D eigenvalue weighted by Gasteiger charge is -2.26. The van der Waals surface area contributed by atoms with E-state index in [-0.39, 0.29) is 17.4 Å². The van der Waals surface area contributed by atoms with Gasteiger partial charge >= 0.3 is 0 Å². The molecule has 1 atom stereocenters. The van der Waals surface area contributed by atoms with Crippen LogP contribution in [-0.4, -0.2) is 31.7 Å². The van der Waals surface area contributed by atoms with Crippen LogP contribution in [-0.2, 0) is 9.53 Å². The van der Waals surface area contributed by atoms with Crippen molar-refractivity contribution >= 4 is 5.91 Å². The summed E-state index contributed by atoms with van der Waals surface area (Å²) >= 11 is 0. The first-order chi connectivity index (χ1) is 7.77. The lowest BCUT2D eigenvalue weighted by molar-refractivity contribution is -0.130. The maximum Gasteiger partial charge on any atom is 0.227 e. The molecule has 4 heteroatoms. The van der Waals surface area contributed by atoms with E-state index in [1.165, 1.54) is 0 Å². The molecule has 2 rings (SSSR count). The number of carbonyl (C=O) groups excluding carboxylic acids is 1. The highest BCUT2D eigenvalue weighted by Gasteiger charge is 2.39. The normalized spacial score (nSPS) is 28.2. The molecule has 0 radical (unpaired) electrons. The molecule has 1 amide bonds. The fourth-order valence-electron chi connectivity index (χ4n) is 2.78. The number of carbonyl (C=O) groups is 1. The van der Waals surface area contributed by atoms with Crippen LogP contribution in [0.3, 0.4) is 0 Å². The molecule has 0 aromatic rings. The van der Waals surface area contributed by atoms with E-state index in [0.29, 0.717) is 13.1 Å². The Balaban J connectivity index is 1.81. The van der Waals surface area contributed by atoms with Crippen LogP contribution >= 0.6 is 0 Å². The van der Waals surface area contributed by atoms with Gasteiger partial charge in [-0.05, 0) is 25.7 Å². The highest BCUT2D eigenvalue weighted by Crippen LogP contribution is 2.37. The molecule has 1 saturated carbocycles. The minimum atomic E-state index is -0.279. The SMILES string of the molecule is NCC1(C(=O)NCC2CCCO2)CCCC1. The molecule has 1 unspecified atom stereocenters. The van der Waals surface area contributed by atoms with Crippen LogP contribution in [0.5, 0.6) is 0 Å². The van der Waals surface area contributed by atoms with Gasteiger partial charge in [-0.15, -0.1) is 0 Å². The van der Waals surface area contributed by atoms with Gasteiger partial charge in [0.05, 0.1) is 11.5 Å². The van der Waals surface area contributed by atoms with Crippen molar-refractivity contribution in [1.82, 2.24) is 5.32 Å². The Bertz CT molecular complexity index is 243. The molecule has 16 heavy (non-hydrogen) atoms. The van der Waals surface area contributed by atoms with Gasteiger partial charge in [-0.3, -0.25) is 4.79 Å². The number of hydrogen-bond acceptors (Lipinski definition) is 3. The average Bonchev–Trinajstić information content (AvgIpc) is 2.97. The van der Waals surface area contributed by atoms with Gasteiger partial charge in [0, 0.05) is 19.7 Å². The van der Waals surface area contributed by atoms with E-state index in [0.717, 1.165) is 45.1 Å². The molecule has 3 N–H and O–H groups in total. The molecule has 0 aromatic carbocycles. The average molecular weight is 226 g/mol. The van der Waals surface area contributed by atoms with Crippen molar-refractivity contribution in [3.05, 3.63) is 0 Å². The Kier molecular flexibility index (Phi) is 3.82. The number of nitrogens with one attached hydrogen (secondary N) is 1. The van der Waals surface area contributed by atoms with Gasteiger partial charge in [-0.25, -0.2) is 0 Å². The third-order valence-corrected chi connectivity index (χ3v) is 3.95. The lowest BCUT2D eigenvalue weighted by Crippen LogP contribution is -2.46. The van der Waals surface area contributed by atoms with Crippen molar-refractivity contribution in [3.63, 3.8) is 0 Å². The van der Waals surface area contributed by atoms with Gasteiger partial charge in [-0.1, -0.05) is 12.8 Å². The second-order valence-corrected chi connectivity index (χ2v) is 5.04. The zero-order valence-corrected chi connectivity index (χ0v) is 9.84. The van der Waals surface area contributed by atoms with Crippen molar-refractivity contribution < 1.29 is 9.53 Å². The molecule has 0 spiro atoms. The monoisotopic (exact) mass is 226 g/mol. The molecule has 1 heterocycles. The summed E-state index contributed by atoms with van der Waals surface area (Å²) in [5.41, 5.74) is 5.48. The highest BCUT2D eigenvalue weighted by atomic mass is 16.5. The van der Waals surface area contributed by atoms with Crippen molar-refractivity contribution in [1.29, 1.82) is 0 Å². The van der Waals surface area contributed by atoms with Crippen molar-refractivity contribution in [2.45, 2.75) is 44.6 Å². The van der Waals surface area contributed by atoms with E-state index in [4.69, 9.17) is 10.5 Å². The Labute approximate surface area is 96.9 Å². The third kappa shape index (κ3) is 2.38. The summed E-state index contributed by atoms with van der Waals surface area (Å²) in [6.07, 6.45) is 6.55. The molecule has 4 nitrogen and oxygen atoms in total. The summed E-state index contributed by atoms with van der Waals surface area (Å²) in [6.45, 7) is 1.97. The second-order valence-electron chi connectivity index (χ2n) is 5.04. The number of rotatable bonds is 4. The van der Waals surface area contributed by atoms with Gasteiger partial charge in [0.2, 0.25) is 5.91 Å². The molecule has 1 saturated heterocycles. The van der Waals surface area contributed by atoms with Crippen LogP contribution in [0.2, 0.25) is 0 Å². The topological polar surface area (TPSA) is 64.4 Å². The van der Waals surface area contributed by atoms with Gasteiger partial charge in [0.1, 0.15) is 0 Å². The fraction of sp³-hybridized carbons (Fsp3) is 0.917. The minimum absolute atomic E-state index is 0.142. The molecule has 1 aliphatic heterocycles. The molecule has 0 bridgehead atoms. The summed E-state index contributed by atoms with van der Waals surface area (Å²) in [6, 6.07) is 0. The fourth-order valence-corrected chi connectivity index (χ4v) is 2.78. The Morgan fingerprint density at radius 1 is 1.38 bits per heavy atom. The first-order valence-electron chi connectivity index (χ1n) is 6.37. The standard InChI is InChI=1S/C12H22N2O2/c13-9-12(5-1-2-6-12)11(15)14-8-10-4-3-7-16-10/h10H,1-9,13H2,(H,14,15). The largest absolute Gasteiger partial charge is 0.376 e. The predicted molar refractivity (Wildman–Crippen MR) is 61.9 cm³/mol. The Morgan fingerprint density at radius 2 is 2.12 bits per heavy atom. The summed E-state index contributed by atoms with van der Waals surface area (Å²) in [5, 5.41) is 3.01. The van der Waals surface area contributed by atoms with Crippen molar-refractivity contribution in [3.8, 4) is 0 Å². The quantitative estimate of drug-likeness (QED) is 0.745. The van der Waals surface area contributed by atoms with Gasteiger partial charge in [0.15, 0.2) is 0 Å². The summed E-state index contributed by atoms with van der Waals surface area (Å²) in [7, 11) is 0. The third-order valence-electron chi connectivity index (χ3n) is 3.95. The lowest BCUT2D eigenvalue weighted by atomic mass is 9.85. The predicted octanol–water partition coefficient (Wildman–Crippen LogP) is 0.801. The molecule has 2 fully saturated rings. The molecular weight excluding hydrogens is 204 g/mol. The molecule has 2 aliphatic rings. The van der Waals surface area contributed by atoms with E-state index in [9.17, 15) is 4.79 Å². The zero-order chi connectivity index (χ0) is 11.4. The van der Waals surface area contributed by atoms with Gasteiger partial charge < -0.3 is 15.8 Å². The highest BCUT2D eigenvalue weighted by molar-refractivity contribution is 5.83. The van der Waals surface area contributed by atoms with E-state index in [1.807, 2.05) is 0 Å². The molecule has 1 aliphatic carbocycles. The zero-order valence-electron chi connectivity index (χ0n) is 9.84. The van der Waals surface area contributed by atoms with Crippen LogP contribution in [0.15, 0.2) is 0 Å². The van der Waals surface area contributed by atoms with E-state index >= 15 is 0 Å². The number of nitrogens with two attached hydrogens (primary N) is 1. The van der Waals surface area contributed by atoms with Gasteiger partial charge in [-0.2, -0.15) is 0 Å². The van der Waals surface area contributed by atoms with Crippen LogP contribution in [0.4, 0.5) is 0 Å². The first-order valence-corrected chi connectivity index (χ1v) is 6.37. The van der Waals surface area contributed by atoms with Crippen LogP contribution in [0.1, 0.15) is 38.5 Å². The van der Waals surface area contributed by atoms with E-state index in [1.54, 1.807) is 0 Å². The van der Waals surface area contributed by atoms with E-state index in [2.05, 4.69) is 5.32 Å². The first kappa shape index (κ1) is 11.9. The van der Waals surface area contributed by atoms with Crippen LogP contribution < -0.4 is 11.1 Å². The Morgan fingerprint density at radius 3 is 2.69 bits per heavy atom. The summed E-state index contributed by atoms with van der Waals surface area (Å²) < 4.78 is 5.49. The second kappa shape index (κ2) is 5.15. The molecule has 92 valence electrons. The van der Waals surface area contributed by atoms with Crippen molar-refractivity contribution in [2.75, 3.05) is 19.7 Å². The van der Waals surface area contributed by atoms with Gasteiger partial charge in [0.25, 0.3) is 0 Å².